The number of benzene rings is 1. The SMILES string of the molecule is C[Si](C)(C)C#C[C@H]1CCC/C(=C/c2ccccc2)O1. The van der Waals surface area contributed by atoms with Gasteiger partial charge in [0.15, 0.2) is 6.10 Å². The predicted molar refractivity (Wildman–Crippen MR) is 84.3 cm³/mol. The van der Waals surface area contributed by atoms with Crippen molar-refractivity contribution < 1.29 is 4.74 Å². The molecular weight excluding hydrogens is 248 g/mol. The van der Waals surface area contributed by atoms with Gasteiger partial charge in [-0.15, -0.1) is 5.54 Å². The van der Waals surface area contributed by atoms with Gasteiger partial charge in [0.1, 0.15) is 8.07 Å². The minimum absolute atomic E-state index is 0.0930. The molecule has 0 radical (unpaired) electrons. The summed E-state index contributed by atoms with van der Waals surface area (Å²) < 4.78 is 6.00. The van der Waals surface area contributed by atoms with Crippen molar-refractivity contribution in [1.29, 1.82) is 0 Å². The lowest BCUT2D eigenvalue weighted by Gasteiger charge is -2.22. The van der Waals surface area contributed by atoms with Crippen LogP contribution in [0.3, 0.4) is 0 Å². The molecule has 1 nitrogen and oxygen atoms in total. The van der Waals surface area contributed by atoms with Crippen molar-refractivity contribution >= 4 is 14.1 Å². The third-order valence-corrected chi connectivity index (χ3v) is 3.81. The van der Waals surface area contributed by atoms with E-state index in [4.69, 9.17) is 4.74 Å². The van der Waals surface area contributed by atoms with E-state index in [1.165, 1.54) is 12.0 Å². The van der Waals surface area contributed by atoms with E-state index in [2.05, 4.69) is 61.4 Å². The molecule has 19 heavy (non-hydrogen) atoms. The quantitative estimate of drug-likeness (QED) is 0.540. The fourth-order valence-electron chi connectivity index (χ4n) is 2.00. The number of hydrogen-bond acceptors (Lipinski definition) is 1. The lowest BCUT2D eigenvalue weighted by atomic mass is 10.1. The normalized spacial score (nSPS) is 21.4. The van der Waals surface area contributed by atoms with Crippen LogP contribution in [0.25, 0.3) is 6.08 Å². The highest BCUT2D eigenvalue weighted by Crippen LogP contribution is 2.23. The summed E-state index contributed by atoms with van der Waals surface area (Å²) in [5.74, 6) is 4.40. The standard InChI is InChI=1S/C17H22OSi/c1-19(2,3)13-12-16-10-7-11-17(18-16)14-15-8-5-4-6-9-15/h4-6,8-9,14,16H,7,10-11H2,1-3H3/b17-14-/t16-/m1/s1. The molecular formula is C17H22OSi. The lowest BCUT2D eigenvalue weighted by molar-refractivity contribution is 0.119. The van der Waals surface area contributed by atoms with Gasteiger partial charge in [-0.05, 0) is 24.5 Å². The van der Waals surface area contributed by atoms with Crippen LogP contribution in [0, 0.1) is 11.5 Å². The highest BCUT2D eigenvalue weighted by atomic mass is 28.3. The van der Waals surface area contributed by atoms with E-state index in [1.807, 2.05) is 6.07 Å². The van der Waals surface area contributed by atoms with E-state index in [-0.39, 0.29) is 6.10 Å². The summed E-state index contributed by atoms with van der Waals surface area (Å²) in [6.45, 7) is 6.80. The van der Waals surface area contributed by atoms with Crippen molar-refractivity contribution in [2.24, 2.45) is 0 Å². The first-order valence-corrected chi connectivity index (χ1v) is 10.5. The van der Waals surface area contributed by atoms with Crippen LogP contribution < -0.4 is 0 Å². The first-order chi connectivity index (χ1) is 9.03. The van der Waals surface area contributed by atoms with E-state index in [0.29, 0.717) is 0 Å². The third kappa shape index (κ3) is 4.96. The summed E-state index contributed by atoms with van der Waals surface area (Å²) in [7, 11) is -1.30. The van der Waals surface area contributed by atoms with E-state index in [1.54, 1.807) is 0 Å². The molecule has 1 aromatic carbocycles. The Balaban J connectivity index is 2.05. The smallest absolute Gasteiger partial charge is 0.158 e. The highest BCUT2D eigenvalue weighted by Gasteiger charge is 2.16. The van der Waals surface area contributed by atoms with Gasteiger partial charge in [-0.2, -0.15) is 0 Å². The number of rotatable bonds is 1. The van der Waals surface area contributed by atoms with Crippen molar-refractivity contribution in [1.82, 2.24) is 0 Å². The topological polar surface area (TPSA) is 9.23 Å². The molecule has 1 saturated heterocycles. The molecule has 2 heteroatoms. The predicted octanol–water partition coefficient (Wildman–Crippen LogP) is 4.48. The van der Waals surface area contributed by atoms with E-state index in [9.17, 15) is 0 Å². The van der Waals surface area contributed by atoms with Gasteiger partial charge in [0.2, 0.25) is 0 Å². The monoisotopic (exact) mass is 270 g/mol. The Morgan fingerprint density at radius 1 is 1.21 bits per heavy atom. The molecule has 0 unspecified atom stereocenters. The van der Waals surface area contributed by atoms with Crippen LogP contribution in [0.2, 0.25) is 19.6 Å². The second-order valence-electron chi connectivity index (χ2n) is 6.04. The van der Waals surface area contributed by atoms with Gasteiger partial charge >= 0.3 is 0 Å². The van der Waals surface area contributed by atoms with E-state index < -0.39 is 8.07 Å². The maximum atomic E-state index is 6.00. The van der Waals surface area contributed by atoms with Gasteiger partial charge in [-0.3, -0.25) is 0 Å². The molecule has 0 aromatic heterocycles. The van der Waals surface area contributed by atoms with Gasteiger partial charge in [0.05, 0.1) is 5.76 Å². The Morgan fingerprint density at radius 3 is 2.63 bits per heavy atom. The van der Waals surface area contributed by atoms with Gasteiger partial charge in [0, 0.05) is 6.42 Å². The molecule has 1 aromatic rings. The molecule has 1 heterocycles. The largest absolute Gasteiger partial charge is 0.482 e. The summed E-state index contributed by atoms with van der Waals surface area (Å²) in [5, 5.41) is 0. The second kappa shape index (κ2) is 6.12. The molecule has 0 N–H and O–H groups in total. The molecule has 1 aliphatic heterocycles. The minimum atomic E-state index is -1.30. The maximum absolute atomic E-state index is 6.00. The van der Waals surface area contributed by atoms with Crippen LogP contribution in [-0.2, 0) is 4.74 Å². The molecule has 1 fully saturated rings. The van der Waals surface area contributed by atoms with Crippen LogP contribution >= 0.6 is 0 Å². The first kappa shape index (κ1) is 14.0. The van der Waals surface area contributed by atoms with E-state index >= 15 is 0 Å². The molecule has 1 atom stereocenters. The fraction of sp³-hybridized carbons (Fsp3) is 0.412. The lowest BCUT2D eigenvalue weighted by Crippen LogP contribution is -2.20. The van der Waals surface area contributed by atoms with Crippen molar-refractivity contribution in [3.8, 4) is 11.5 Å². The highest BCUT2D eigenvalue weighted by molar-refractivity contribution is 6.83. The molecule has 2 rings (SSSR count). The Hall–Kier alpha value is -1.46. The van der Waals surface area contributed by atoms with Crippen LogP contribution in [0.15, 0.2) is 36.1 Å². The maximum Gasteiger partial charge on any atom is 0.158 e. The second-order valence-corrected chi connectivity index (χ2v) is 10.8. The molecule has 0 saturated carbocycles. The van der Waals surface area contributed by atoms with Crippen molar-refractivity contribution in [2.45, 2.75) is 45.0 Å². The molecule has 0 spiro atoms. The Kier molecular flexibility index (Phi) is 4.50. The summed E-state index contributed by atoms with van der Waals surface area (Å²) >= 11 is 0. The van der Waals surface area contributed by atoms with Crippen molar-refractivity contribution in [3.63, 3.8) is 0 Å². The zero-order valence-corrected chi connectivity index (χ0v) is 13.1. The minimum Gasteiger partial charge on any atom is -0.482 e. The summed E-state index contributed by atoms with van der Waals surface area (Å²) in [5.41, 5.74) is 4.62. The third-order valence-electron chi connectivity index (χ3n) is 2.92. The van der Waals surface area contributed by atoms with Crippen molar-refractivity contribution in [3.05, 3.63) is 41.7 Å². The Labute approximate surface area is 117 Å². The molecule has 0 aliphatic carbocycles. The zero-order chi connectivity index (χ0) is 13.7. The first-order valence-electron chi connectivity index (χ1n) is 6.98. The fourth-order valence-corrected chi connectivity index (χ4v) is 2.60. The number of hydrogen-bond donors (Lipinski definition) is 0. The van der Waals surface area contributed by atoms with Crippen molar-refractivity contribution in [2.75, 3.05) is 0 Å². The van der Waals surface area contributed by atoms with Gasteiger partial charge in [-0.25, -0.2) is 0 Å². The molecule has 100 valence electrons. The molecule has 0 bridgehead atoms. The Bertz CT molecular complexity index is 500. The average Bonchev–Trinajstić information content (AvgIpc) is 2.37. The van der Waals surface area contributed by atoms with Crippen LogP contribution in [0.4, 0.5) is 0 Å². The van der Waals surface area contributed by atoms with Gasteiger partial charge in [0.25, 0.3) is 0 Å². The summed E-state index contributed by atoms with van der Waals surface area (Å²) in [6, 6.07) is 10.4. The number of ether oxygens (including phenoxy) is 1. The Morgan fingerprint density at radius 2 is 1.95 bits per heavy atom. The van der Waals surface area contributed by atoms with Gasteiger partial charge in [-0.1, -0.05) is 55.9 Å². The average molecular weight is 270 g/mol. The molecule has 1 aliphatic rings. The van der Waals surface area contributed by atoms with Gasteiger partial charge < -0.3 is 4.74 Å². The number of allylic oxidation sites excluding steroid dienone is 1. The van der Waals surface area contributed by atoms with Crippen LogP contribution in [0.1, 0.15) is 24.8 Å². The summed E-state index contributed by atoms with van der Waals surface area (Å²) in [6.07, 6.45) is 5.49. The summed E-state index contributed by atoms with van der Waals surface area (Å²) in [4.78, 5) is 0. The van der Waals surface area contributed by atoms with Crippen LogP contribution in [-0.4, -0.2) is 14.2 Å². The molecule has 0 amide bonds. The zero-order valence-electron chi connectivity index (χ0n) is 12.1. The van der Waals surface area contributed by atoms with Crippen LogP contribution in [0.5, 0.6) is 0 Å². The van der Waals surface area contributed by atoms with E-state index in [0.717, 1.165) is 18.6 Å².